The van der Waals surface area contributed by atoms with E-state index < -0.39 is 31.4 Å². The van der Waals surface area contributed by atoms with Gasteiger partial charge >= 0.3 is 11.8 Å². The van der Waals surface area contributed by atoms with Gasteiger partial charge in [0.1, 0.15) is 17.6 Å². The average molecular weight is 663 g/mol. The van der Waals surface area contributed by atoms with Crippen LogP contribution in [0.1, 0.15) is 86.4 Å². The highest BCUT2D eigenvalue weighted by Crippen LogP contribution is 2.51. The van der Waals surface area contributed by atoms with E-state index in [4.69, 9.17) is 28.1 Å². The van der Waals surface area contributed by atoms with Crippen molar-refractivity contribution in [3.8, 4) is 6.07 Å². The number of carbonyl (C=O) groups excluding carboxylic acids is 2. The Morgan fingerprint density at radius 2 is 1.81 bits per heavy atom. The second-order valence-electron chi connectivity index (χ2n) is 11.0. The number of nitrogens with one attached hydrogen (secondary N) is 1. The molecule has 2 rings (SSSR count). The second kappa shape index (κ2) is 19.8. The monoisotopic (exact) mass is 662 g/mol. The van der Waals surface area contributed by atoms with E-state index in [1.54, 1.807) is 28.5 Å². The molecule has 0 radical (unpaired) electrons. The largest absolute Gasteiger partial charge is 0.373 e. The molecule has 1 fully saturated rings. The SMILES string of the molecule is CC[C@H]1O[C@@H](n2cc(C)c(=O)[nH]c2=O)CC1OP(OCC(C#N)(CC)COCSSC(C)C)N(C(C)C)C(C)C.O=C=O. The summed E-state index contributed by atoms with van der Waals surface area (Å²) in [6, 6.07) is 2.72. The third-order valence-electron chi connectivity index (χ3n) is 6.65. The molecule has 15 heteroatoms. The fourth-order valence-electron chi connectivity index (χ4n) is 4.39. The average Bonchev–Trinajstić information content (AvgIpc) is 3.34. The molecule has 12 nitrogen and oxygen atoms in total. The van der Waals surface area contributed by atoms with Crippen LogP contribution in [0.5, 0.6) is 0 Å². The molecule has 2 heterocycles. The van der Waals surface area contributed by atoms with Crippen molar-refractivity contribution in [2.24, 2.45) is 5.41 Å². The fraction of sp³-hybridized carbons (Fsp3) is 0.786. The lowest BCUT2D eigenvalue weighted by Gasteiger charge is -2.38. The Kier molecular flexibility index (Phi) is 18.2. The van der Waals surface area contributed by atoms with Gasteiger partial charge in [0.05, 0.1) is 31.5 Å². The zero-order valence-electron chi connectivity index (χ0n) is 26.7. The van der Waals surface area contributed by atoms with E-state index in [-0.39, 0.29) is 43.7 Å². The molecule has 0 bridgehead atoms. The molecule has 0 aliphatic carbocycles. The number of nitriles is 1. The van der Waals surface area contributed by atoms with Gasteiger partial charge in [-0.05, 0) is 47.5 Å². The molecular weight excluding hydrogens is 615 g/mol. The van der Waals surface area contributed by atoms with Gasteiger partial charge < -0.3 is 18.5 Å². The van der Waals surface area contributed by atoms with Crippen LogP contribution in [0.15, 0.2) is 15.8 Å². The Bertz CT molecular complexity index is 1160. The first-order chi connectivity index (χ1) is 20.3. The minimum absolute atomic E-state index is 0.132. The van der Waals surface area contributed by atoms with E-state index in [0.717, 1.165) is 0 Å². The summed E-state index contributed by atoms with van der Waals surface area (Å²) < 4.78 is 29.0. The third kappa shape index (κ3) is 12.4. The van der Waals surface area contributed by atoms with E-state index in [9.17, 15) is 14.9 Å². The number of aryl methyl sites for hydroxylation is 1. The zero-order valence-corrected chi connectivity index (χ0v) is 29.2. The Morgan fingerprint density at radius 1 is 1.19 bits per heavy atom. The van der Waals surface area contributed by atoms with Crippen LogP contribution in [0.4, 0.5) is 0 Å². The van der Waals surface area contributed by atoms with Gasteiger partial charge in [-0.1, -0.05) is 49.3 Å². The van der Waals surface area contributed by atoms with Crippen LogP contribution in [-0.2, 0) is 28.1 Å². The topological polar surface area (TPSA) is 153 Å². The fourth-order valence-corrected chi connectivity index (χ4v) is 7.92. The van der Waals surface area contributed by atoms with Crippen molar-refractivity contribution in [3.05, 3.63) is 32.6 Å². The Balaban J connectivity index is 0.00000295. The van der Waals surface area contributed by atoms with Gasteiger partial charge in [-0.3, -0.25) is 14.3 Å². The quantitative estimate of drug-likeness (QED) is 0.0985. The van der Waals surface area contributed by atoms with E-state index in [1.165, 1.54) is 10.8 Å². The predicted octanol–water partition coefficient (Wildman–Crippen LogP) is 5.39. The molecule has 1 N–H and O–H groups in total. The van der Waals surface area contributed by atoms with Gasteiger partial charge in [-0.2, -0.15) is 14.9 Å². The standard InChI is InChI=1S/C27H47N4O6PS2.CO2/c1-10-22-23(12-24(36-22)30-13-21(9)25(32)29-26(30)33)37-38(31(18(3)4)19(5)6)35-16-27(11-2,14-28)15-34-17-39-40-20(7)8;2-1-3/h13,18-20,22-24H,10-12,15-17H2,1-9H3,(H,29,32,33);/t22-,23?,24-,27?,38?;/m1./s1. The first kappa shape index (κ1) is 39.5. The molecule has 43 heavy (non-hydrogen) atoms. The normalized spacial score (nSPS) is 20.5. The van der Waals surface area contributed by atoms with E-state index in [0.29, 0.717) is 36.0 Å². The molecule has 1 aromatic rings. The summed E-state index contributed by atoms with van der Waals surface area (Å²) in [5, 5.41) is 10.6. The molecule has 1 aliphatic heterocycles. The summed E-state index contributed by atoms with van der Waals surface area (Å²) in [5.74, 6) is 0.504. The summed E-state index contributed by atoms with van der Waals surface area (Å²) in [7, 11) is 1.83. The number of aromatic amines is 1. The number of hydrogen-bond donors (Lipinski definition) is 1. The van der Waals surface area contributed by atoms with Gasteiger partial charge in [0, 0.05) is 35.5 Å². The van der Waals surface area contributed by atoms with Crippen LogP contribution >= 0.6 is 30.1 Å². The van der Waals surface area contributed by atoms with Crippen molar-refractivity contribution < 1.29 is 28.1 Å². The van der Waals surface area contributed by atoms with Crippen molar-refractivity contribution in [2.45, 2.75) is 117 Å². The molecule has 1 aliphatic rings. The summed E-state index contributed by atoms with van der Waals surface area (Å²) in [4.78, 5) is 43.0. The van der Waals surface area contributed by atoms with Gasteiger partial charge in [0.25, 0.3) is 14.1 Å². The van der Waals surface area contributed by atoms with Crippen LogP contribution < -0.4 is 11.2 Å². The number of rotatable bonds is 17. The number of hydrogen-bond acceptors (Lipinski definition) is 12. The summed E-state index contributed by atoms with van der Waals surface area (Å²) >= 11 is 0. The van der Waals surface area contributed by atoms with Crippen molar-refractivity contribution >= 4 is 36.3 Å². The minimum Gasteiger partial charge on any atom is -0.368 e. The Hall–Kier alpha value is -1.52. The van der Waals surface area contributed by atoms with Crippen LogP contribution in [0.2, 0.25) is 0 Å². The van der Waals surface area contributed by atoms with Gasteiger partial charge in [-0.15, -0.1) is 0 Å². The highest BCUT2D eigenvalue weighted by molar-refractivity contribution is 8.76. The number of aromatic nitrogens is 2. The van der Waals surface area contributed by atoms with Crippen molar-refractivity contribution in [1.82, 2.24) is 14.2 Å². The maximum absolute atomic E-state index is 12.5. The smallest absolute Gasteiger partial charge is 0.368 e. The summed E-state index contributed by atoms with van der Waals surface area (Å²) in [6.45, 7) is 18.8. The molecule has 0 spiro atoms. The van der Waals surface area contributed by atoms with E-state index >= 15 is 0 Å². The number of H-pyrrole nitrogens is 1. The van der Waals surface area contributed by atoms with Crippen molar-refractivity contribution in [1.29, 1.82) is 5.26 Å². The maximum atomic E-state index is 12.5. The molecule has 0 saturated carbocycles. The van der Waals surface area contributed by atoms with E-state index in [1.807, 2.05) is 13.8 Å². The van der Waals surface area contributed by atoms with E-state index in [2.05, 4.69) is 57.3 Å². The number of nitrogens with zero attached hydrogens (tertiary/aromatic N) is 3. The van der Waals surface area contributed by atoms with Crippen LogP contribution in [0, 0.1) is 23.7 Å². The lowest BCUT2D eigenvalue weighted by molar-refractivity contribution is -0.191. The van der Waals surface area contributed by atoms with Crippen LogP contribution in [-0.4, -0.2) is 69.1 Å². The highest BCUT2D eigenvalue weighted by Gasteiger charge is 2.42. The van der Waals surface area contributed by atoms with Crippen LogP contribution in [0.25, 0.3) is 0 Å². The molecule has 5 atom stereocenters. The molecule has 1 saturated heterocycles. The Morgan fingerprint density at radius 3 is 2.33 bits per heavy atom. The third-order valence-corrected chi connectivity index (χ3v) is 11.4. The van der Waals surface area contributed by atoms with Gasteiger partial charge in [-0.25, -0.2) is 9.46 Å². The van der Waals surface area contributed by atoms with Gasteiger partial charge in [0.2, 0.25) is 0 Å². The van der Waals surface area contributed by atoms with Gasteiger partial charge in [0.15, 0.2) is 0 Å². The minimum atomic E-state index is -1.57. The predicted molar refractivity (Wildman–Crippen MR) is 169 cm³/mol. The molecule has 1 aromatic heterocycles. The molecule has 244 valence electrons. The highest BCUT2D eigenvalue weighted by atomic mass is 33.1. The first-order valence-corrected chi connectivity index (χ1v) is 17.9. The molecule has 0 aromatic carbocycles. The lowest BCUT2D eigenvalue weighted by atomic mass is 9.89. The zero-order chi connectivity index (χ0) is 32.7. The molecule has 3 unspecified atom stereocenters. The van der Waals surface area contributed by atoms with Crippen LogP contribution in [0.3, 0.4) is 0 Å². The molecule has 0 amide bonds. The lowest BCUT2D eigenvalue weighted by Crippen LogP contribution is -2.37. The Labute approximate surface area is 263 Å². The summed E-state index contributed by atoms with van der Waals surface area (Å²) in [6.07, 6.45) is 2.32. The maximum Gasteiger partial charge on any atom is 0.373 e. The first-order valence-electron chi connectivity index (χ1n) is 14.4. The van der Waals surface area contributed by atoms with Crippen molar-refractivity contribution in [3.63, 3.8) is 0 Å². The number of ether oxygens (including phenoxy) is 2. The summed E-state index contributed by atoms with van der Waals surface area (Å²) in [5.41, 5.74) is -1.27. The van der Waals surface area contributed by atoms with Crippen molar-refractivity contribution in [2.75, 3.05) is 19.2 Å². The second-order valence-corrected chi connectivity index (χ2v) is 15.3. The molecular formula is C28H47N4O8PS2.